The highest BCUT2D eigenvalue weighted by atomic mass is 32.1. The number of fused-ring (bicyclic) bond motifs is 3. The molecule has 9 N–H and O–H groups in total. The van der Waals surface area contributed by atoms with Crippen LogP contribution in [0.3, 0.4) is 0 Å². The quantitative estimate of drug-likeness (QED) is 0.0116. The highest BCUT2D eigenvalue weighted by Crippen LogP contribution is 2.69. The van der Waals surface area contributed by atoms with Crippen molar-refractivity contribution in [2.75, 3.05) is 81.7 Å². The van der Waals surface area contributed by atoms with E-state index in [-0.39, 0.29) is 79.2 Å². The predicted molar refractivity (Wildman–Crippen MR) is 370 cm³/mol. The van der Waals surface area contributed by atoms with Gasteiger partial charge in [-0.05, 0) is 143 Å². The third-order valence-electron chi connectivity index (χ3n) is 20.4. The van der Waals surface area contributed by atoms with E-state index in [1.807, 2.05) is 67.3 Å². The van der Waals surface area contributed by atoms with Crippen LogP contribution in [0.25, 0.3) is 21.3 Å². The Labute approximate surface area is 574 Å². The summed E-state index contributed by atoms with van der Waals surface area (Å²) in [4.78, 5) is 102. The first kappa shape index (κ1) is 70.6. The van der Waals surface area contributed by atoms with Crippen LogP contribution in [0.1, 0.15) is 131 Å². The first-order chi connectivity index (χ1) is 46.8. The molecule has 6 aliphatic rings. The van der Waals surface area contributed by atoms with E-state index >= 15 is 0 Å². The van der Waals surface area contributed by atoms with Crippen molar-refractivity contribution in [3.8, 4) is 11.1 Å². The number of carbonyl (C=O) groups excluding carboxylic acids is 6. The average Bonchev–Trinajstić information content (AvgIpc) is 1.42. The molecule has 0 radical (unpaired) electrons. The highest BCUT2D eigenvalue weighted by molar-refractivity contribution is 7.22. The number of rotatable bonds is 31. The molecule has 4 aromatic heterocycles. The van der Waals surface area contributed by atoms with E-state index in [0.717, 1.165) is 106 Å². The van der Waals surface area contributed by atoms with Gasteiger partial charge >= 0.3 is 12.0 Å². The number of likely N-dealkylation sites (N-methyl/N-ethyl adjacent to an activating group) is 1. The summed E-state index contributed by atoms with van der Waals surface area (Å²) in [6.45, 7) is 16.0. The topological polar surface area (TPSA) is 340 Å². The van der Waals surface area contributed by atoms with Crippen LogP contribution in [0, 0.1) is 36.0 Å². The number of aromatic carboxylic acids is 1. The van der Waals surface area contributed by atoms with Gasteiger partial charge in [-0.3, -0.25) is 33.6 Å². The first-order valence-electron chi connectivity index (χ1n) is 34.0. The Hall–Kier alpha value is -8.76. The number of quaternary nitrogens is 1. The summed E-state index contributed by atoms with van der Waals surface area (Å²) in [5.41, 5.74) is 11.2. The first-order valence-corrected chi connectivity index (χ1v) is 34.8. The number of carboxylic acid groups (broad SMARTS) is 1. The Morgan fingerprint density at radius 2 is 1.58 bits per heavy atom. The van der Waals surface area contributed by atoms with E-state index in [1.54, 1.807) is 43.5 Å². The van der Waals surface area contributed by atoms with E-state index in [1.165, 1.54) is 12.2 Å². The third-order valence-corrected chi connectivity index (χ3v) is 21.4. The Morgan fingerprint density at radius 1 is 0.847 bits per heavy atom. The van der Waals surface area contributed by atoms with Crippen LogP contribution in [-0.4, -0.2) is 175 Å². The molecule has 2 aromatic carbocycles. The van der Waals surface area contributed by atoms with E-state index < -0.39 is 53.6 Å². The standard InChI is InChI=1S/C71H91N15O11S/c1-44(2)59(79-56(88)24-33-96-34-29-84-57(89)22-23-58(84)90)64(92)76-53(14-10-27-73-66(72)95)63(91)75-48-18-16-47(17-19-48)37-86(7,30-32-87)31-35-97-71-40-68(5)25-26-69(6,41-71)39-70(38-68,42-71)43-85-46(4)51(36-74-85)50-20-21-55(78-60(50)65(93)94)83-28-11-12-49-45(3)61(81-82-62(49)83)80-67-77-52-13-8-9-15-54(52)98-67/h8-9,13,15-23,36,44,53,59,87H,10-12,14,24-35,37-43H2,1-7H3,(H7-,72,73,75,76,77,79,80,81,88,91,92,93,94,95)/p+1/t53-,59-,68-,69+,70?,71?,86?/m0/s1. The SMILES string of the molecule is Cc1c(Nc2nc3ccccc3s2)nnc2c1CCCN2c1ccc(-c2cnn(CC34CC5(OCC[N+](C)(CCO)Cc6ccc(NC(=O)[C@H](CCCNC(N)=O)NC(=O)[C@@H](NC(=O)CCOCCN7C(=O)C=CC7=O)C(C)C)cc6)C[C@@](C)(CC[C@](C)(C3)C5)C4)c2C)c(C(=O)O)n1. The van der Waals surface area contributed by atoms with Crippen LogP contribution in [0.2, 0.25) is 0 Å². The molecule has 12 rings (SSSR count). The van der Waals surface area contributed by atoms with Gasteiger partial charge in [-0.2, -0.15) is 5.10 Å². The number of carboxylic acids is 1. The minimum atomic E-state index is -1.13. The lowest BCUT2D eigenvalue weighted by atomic mass is 9.50. The average molecular weight is 1360 g/mol. The molecule has 4 aliphatic carbocycles. The number of nitrogens with two attached hydrogens (primary N) is 1. The number of aliphatic hydroxyl groups is 1. The van der Waals surface area contributed by atoms with Crippen molar-refractivity contribution >= 4 is 91.4 Å². The minimum absolute atomic E-state index is 0.0211. The molecule has 4 saturated carbocycles. The molecule has 4 fully saturated rings. The van der Waals surface area contributed by atoms with E-state index in [2.05, 4.69) is 57.3 Å². The Kier molecular flexibility index (Phi) is 21.1. The summed E-state index contributed by atoms with van der Waals surface area (Å²) in [6.07, 6.45) is 13.1. The number of ether oxygens (including phenoxy) is 2. The molecular formula is C71H92N15O11S+. The van der Waals surface area contributed by atoms with Gasteiger partial charge in [-0.1, -0.05) is 63.3 Å². The van der Waals surface area contributed by atoms with Crippen LogP contribution >= 0.6 is 11.3 Å². The monoisotopic (exact) mass is 1360 g/mol. The number of benzene rings is 2. The van der Waals surface area contributed by atoms with Crippen molar-refractivity contribution in [3.63, 3.8) is 0 Å². The van der Waals surface area contributed by atoms with Gasteiger partial charge in [0, 0.05) is 77.4 Å². The molecule has 6 heterocycles. The van der Waals surface area contributed by atoms with Crippen LogP contribution in [0.4, 0.5) is 33.1 Å². The van der Waals surface area contributed by atoms with Gasteiger partial charge in [0.15, 0.2) is 22.5 Å². The molecule has 7 amide bonds. The highest BCUT2D eigenvalue weighted by Gasteiger charge is 2.63. The van der Waals surface area contributed by atoms with Crippen molar-refractivity contribution in [2.24, 2.45) is 27.9 Å². The molecular weight excluding hydrogens is 1270 g/mol. The van der Waals surface area contributed by atoms with E-state index in [0.29, 0.717) is 78.9 Å². The number of hydrogen-bond acceptors (Lipinski definition) is 18. The van der Waals surface area contributed by atoms with Gasteiger partial charge < -0.3 is 61.4 Å². The maximum Gasteiger partial charge on any atom is 0.355 e. The van der Waals surface area contributed by atoms with Gasteiger partial charge in [-0.15, -0.1) is 10.2 Å². The number of nitrogens with one attached hydrogen (secondary N) is 5. The number of aromatic nitrogens is 6. The Balaban J connectivity index is 0.719. The lowest BCUT2D eigenvalue weighted by molar-refractivity contribution is -0.923. The smallest absolute Gasteiger partial charge is 0.355 e. The van der Waals surface area contributed by atoms with E-state index in [4.69, 9.17) is 35.4 Å². The van der Waals surface area contributed by atoms with Crippen LogP contribution in [0.15, 0.2) is 79.0 Å². The Morgan fingerprint density at radius 3 is 2.28 bits per heavy atom. The van der Waals surface area contributed by atoms with Crippen LogP contribution in [0.5, 0.6) is 0 Å². The number of hydrogen-bond donors (Lipinski definition) is 8. The van der Waals surface area contributed by atoms with E-state index in [9.17, 15) is 43.8 Å². The molecule has 2 aliphatic heterocycles. The minimum Gasteiger partial charge on any atom is -0.476 e. The van der Waals surface area contributed by atoms with Crippen molar-refractivity contribution in [3.05, 3.63) is 107 Å². The second kappa shape index (κ2) is 29.4. The van der Waals surface area contributed by atoms with Crippen LogP contribution < -0.4 is 37.2 Å². The molecule has 98 heavy (non-hydrogen) atoms. The zero-order valence-corrected chi connectivity index (χ0v) is 57.9. The number of anilines is 5. The summed E-state index contributed by atoms with van der Waals surface area (Å²) >= 11 is 1.55. The zero-order chi connectivity index (χ0) is 69.7. The number of thiazole rings is 1. The number of carbonyl (C=O) groups is 7. The number of nitrogens with zero attached hydrogens (tertiary/aromatic N) is 9. The molecule has 4 bridgehead atoms. The van der Waals surface area contributed by atoms with Crippen molar-refractivity contribution in [1.82, 2.24) is 50.8 Å². The summed E-state index contributed by atoms with van der Waals surface area (Å²) in [5.74, 6) is -2.14. The second-order valence-corrected chi connectivity index (χ2v) is 30.0. The van der Waals surface area contributed by atoms with Crippen molar-refractivity contribution < 1.29 is 57.7 Å². The lowest BCUT2D eigenvalue weighted by Crippen LogP contribution is -2.57. The lowest BCUT2D eigenvalue weighted by Gasteiger charge is -2.59. The number of amides is 7. The predicted octanol–water partition coefficient (Wildman–Crippen LogP) is 8.00. The fourth-order valence-electron chi connectivity index (χ4n) is 16.2. The number of primary amides is 1. The fraction of sp³-hybridized carbons (Fsp3) is 0.521. The maximum absolute atomic E-state index is 14.0. The normalized spacial score (nSPS) is 22.2. The second-order valence-electron chi connectivity index (χ2n) is 29.0. The molecule has 7 atom stereocenters. The summed E-state index contributed by atoms with van der Waals surface area (Å²) < 4.78 is 16.5. The van der Waals surface area contributed by atoms with Gasteiger partial charge in [-0.25, -0.2) is 19.6 Å². The summed E-state index contributed by atoms with van der Waals surface area (Å²) in [5, 5.41) is 50.8. The molecule has 6 aromatic rings. The molecule has 26 nitrogen and oxygen atoms in total. The van der Waals surface area contributed by atoms with Gasteiger partial charge in [0.05, 0.1) is 62.0 Å². The summed E-state index contributed by atoms with van der Waals surface area (Å²) in [7, 11) is 2.12. The number of aliphatic hydroxyl groups excluding tert-OH is 1. The fourth-order valence-corrected chi connectivity index (χ4v) is 17.1. The van der Waals surface area contributed by atoms with Gasteiger partial charge in [0.1, 0.15) is 37.5 Å². The molecule has 3 unspecified atom stereocenters. The zero-order valence-electron chi connectivity index (χ0n) is 57.1. The number of pyridine rings is 1. The maximum atomic E-state index is 14.0. The largest absolute Gasteiger partial charge is 0.476 e. The summed E-state index contributed by atoms with van der Waals surface area (Å²) in [6, 6.07) is 16.4. The van der Waals surface area contributed by atoms with Gasteiger partial charge in [0.2, 0.25) is 17.7 Å². The molecule has 27 heteroatoms. The molecule has 0 spiro atoms. The number of urea groups is 1. The number of para-hydroxylation sites is 1. The molecule has 0 saturated heterocycles. The number of imide groups is 1. The van der Waals surface area contributed by atoms with Crippen molar-refractivity contribution in [2.45, 2.75) is 149 Å². The third kappa shape index (κ3) is 16.2. The Bertz CT molecular complexity index is 3950. The molecule has 522 valence electrons. The van der Waals surface area contributed by atoms with Crippen LogP contribution in [-0.2, 0) is 53.0 Å². The van der Waals surface area contributed by atoms with Crippen molar-refractivity contribution in [1.29, 1.82) is 0 Å². The van der Waals surface area contributed by atoms with Gasteiger partial charge in [0.25, 0.3) is 11.8 Å².